The van der Waals surface area contributed by atoms with Crippen LogP contribution in [-0.2, 0) is 0 Å². The molecular weight excluding hydrogens is 360 g/mol. The van der Waals surface area contributed by atoms with E-state index < -0.39 is 0 Å². The van der Waals surface area contributed by atoms with E-state index in [4.69, 9.17) is 0 Å². The van der Waals surface area contributed by atoms with Gasteiger partial charge in [-0.1, -0.05) is 60.1 Å². The Hall–Kier alpha value is -0.260. The summed E-state index contributed by atoms with van der Waals surface area (Å²) < 4.78 is 0. The second-order valence-corrected chi connectivity index (χ2v) is 14.6. The smallest absolute Gasteiger partial charge is 0.0175 e. The minimum Gasteiger partial charge on any atom is -0.0999 e. The molecule has 0 nitrogen and oxygen atoms in total. The molecule has 0 aromatic rings. The molecule has 0 aromatic heterocycles. The van der Waals surface area contributed by atoms with Gasteiger partial charge in [0.25, 0.3) is 0 Å². The molecule has 0 heterocycles. The Labute approximate surface area is 188 Å². The van der Waals surface area contributed by atoms with Crippen LogP contribution in [0.5, 0.6) is 0 Å². The summed E-state index contributed by atoms with van der Waals surface area (Å²) in [5, 5.41) is 0. The molecule has 5 rings (SSSR count). The lowest BCUT2D eigenvalue weighted by atomic mass is 9.32. The Morgan fingerprint density at radius 2 is 1.23 bits per heavy atom. The molecule has 9 atom stereocenters. The lowest BCUT2D eigenvalue weighted by Gasteiger charge is -2.73. The number of hydrogen-bond acceptors (Lipinski definition) is 0. The van der Waals surface area contributed by atoms with Gasteiger partial charge in [0.15, 0.2) is 0 Å². The van der Waals surface area contributed by atoms with Crippen LogP contribution in [0, 0.1) is 56.7 Å². The predicted molar refractivity (Wildman–Crippen MR) is 129 cm³/mol. The third kappa shape index (κ3) is 2.46. The zero-order valence-corrected chi connectivity index (χ0v) is 21.4. The van der Waals surface area contributed by atoms with Crippen molar-refractivity contribution in [3.8, 4) is 0 Å². The van der Waals surface area contributed by atoms with Crippen molar-refractivity contribution < 1.29 is 0 Å². The monoisotopic (exact) mass is 410 g/mol. The molecule has 0 spiro atoms. The summed E-state index contributed by atoms with van der Waals surface area (Å²) in [6.45, 7) is 23.0. The van der Waals surface area contributed by atoms with Crippen molar-refractivity contribution in [3.05, 3.63) is 12.2 Å². The highest BCUT2D eigenvalue weighted by Gasteiger charge is 2.70. The van der Waals surface area contributed by atoms with E-state index in [0.717, 1.165) is 29.6 Å². The Morgan fingerprint density at radius 1 is 0.633 bits per heavy atom. The van der Waals surface area contributed by atoms with Gasteiger partial charge in [0.2, 0.25) is 0 Å². The fourth-order valence-corrected chi connectivity index (χ4v) is 11.9. The molecule has 170 valence electrons. The Balaban J connectivity index is 1.53. The molecule has 0 N–H and O–H groups in total. The summed E-state index contributed by atoms with van der Waals surface area (Å²) in [6, 6.07) is 0. The van der Waals surface area contributed by atoms with Gasteiger partial charge in [0.1, 0.15) is 0 Å². The van der Waals surface area contributed by atoms with Gasteiger partial charge in [-0.2, -0.15) is 0 Å². The summed E-state index contributed by atoms with van der Waals surface area (Å²) in [6.07, 6.45) is 16.3. The first-order valence-electron chi connectivity index (χ1n) is 13.6. The zero-order chi connectivity index (χ0) is 21.7. The first kappa shape index (κ1) is 21.6. The van der Waals surface area contributed by atoms with Crippen molar-refractivity contribution in [2.45, 2.75) is 119 Å². The summed E-state index contributed by atoms with van der Waals surface area (Å²) in [7, 11) is 0. The number of fused-ring (bicyclic) bond motifs is 7. The highest BCUT2D eigenvalue weighted by Crippen LogP contribution is 2.77. The van der Waals surface area contributed by atoms with Crippen LogP contribution >= 0.6 is 0 Å². The van der Waals surface area contributed by atoms with E-state index in [1.54, 1.807) is 0 Å². The van der Waals surface area contributed by atoms with Gasteiger partial charge in [0, 0.05) is 0 Å². The highest BCUT2D eigenvalue weighted by atomic mass is 14.7. The van der Waals surface area contributed by atoms with E-state index in [1.165, 1.54) is 76.2 Å². The Morgan fingerprint density at radius 3 is 1.87 bits per heavy atom. The molecule has 0 aromatic carbocycles. The molecule has 0 aliphatic heterocycles. The van der Waals surface area contributed by atoms with Crippen LogP contribution in [0.2, 0.25) is 0 Å². The quantitative estimate of drug-likeness (QED) is 0.378. The summed E-state index contributed by atoms with van der Waals surface area (Å²) in [5.41, 5.74) is 4.26. The van der Waals surface area contributed by atoms with Crippen molar-refractivity contribution in [3.63, 3.8) is 0 Å². The number of hydrogen-bond donors (Lipinski definition) is 0. The minimum atomic E-state index is 0.542. The lowest BCUT2D eigenvalue weighted by Crippen LogP contribution is -2.65. The van der Waals surface area contributed by atoms with Gasteiger partial charge in [-0.05, 0) is 128 Å². The second kappa shape index (κ2) is 6.41. The molecule has 0 bridgehead atoms. The molecular formula is C30H50. The largest absolute Gasteiger partial charge is 0.0999 e. The predicted octanol–water partition coefficient (Wildman–Crippen LogP) is 9.05. The zero-order valence-electron chi connectivity index (χ0n) is 21.4. The fraction of sp³-hybridized carbons (Fsp3) is 0.933. The number of allylic oxidation sites excluding steroid dienone is 1. The van der Waals surface area contributed by atoms with Gasteiger partial charge in [-0.25, -0.2) is 0 Å². The fourth-order valence-electron chi connectivity index (χ4n) is 11.9. The van der Waals surface area contributed by atoms with Crippen molar-refractivity contribution in [1.29, 1.82) is 0 Å². The molecule has 0 saturated heterocycles. The first-order valence-corrected chi connectivity index (χ1v) is 13.6. The van der Waals surface area contributed by atoms with E-state index in [-0.39, 0.29) is 0 Å². The molecule has 5 aliphatic rings. The van der Waals surface area contributed by atoms with E-state index in [2.05, 4.69) is 55.0 Å². The van der Waals surface area contributed by atoms with Crippen LogP contribution in [0.15, 0.2) is 12.2 Å². The van der Waals surface area contributed by atoms with Gasteiger partial charge < -0.3 is 0 Å². The highest BCUT2D eigenvalue weighted by molar-refractivity contribution is 5.20. The van der Waals surface area contributed by atoms with Crippen LogP contribution in [0.1, 0.15) is 119 Å². The average molecular weight is 411 g/mol. The normalized spacial score (nSPS) is 57.0. The first-order chi connectivity index (χ1) is 13.9. The van der Waals surface area contributed by atoms with Crippen LogP contribution < -0.4 is 0 Å². The molecule has 5 aliphatic carbocycles. The van der Waals surface area contributed by atoms with E-state index in [9.17, 15) is 0 Å². The summed E-state index contributed by atoms with van der Waals surface area (Å²) >= 11 is 0. The third-order valence-electron chi connectivity index (χ3n) is 13.3. The van der Waals surface area contributed by atoms with E-state index in [1.807, 2.05) is 0 Å². The van der Waals surface area contributed by atoms with Crippen LogP contribution in [0.4, 0.5) is 0 Å². The van der Waals surface area contributed by atoms with Gasteiger partial charge >= 0.3 is 0 Å². The maximum atomic E-state index is 4.43. The molecule has 5 fully saturated rings. The standard InChI is InChI=1S/C30H50/c1-20(2)21-12-17-27(5)22(21)13-18-29(7)24(27)10-11-25-28(6)16-9-15-26(3,4)23(28)14-19-30(25,29)8/h21-25H,1,9-19H2,2-8H3/t21-,22+,23+,24-,25-,27+,28+,29-,30-/m1/s1. The average Bonchev–Trinajstić information content (AvgIpc) is 2.99. The molecule has 0 radical (unpaired) electrons. The SMILES string of the molecule is C=C(C)[C@H]1CC[C@]2(C)[C@H]3CC[C@@H]4[C@@]5(C)CCCC(C)(C)[C@@H]5CC[C@@]4(C)[C@]3(C)CC[C@@H]12. The topological polar surface area (TPSA) is 0 Å². The Bertz CT molecular complexity index is 730. The lowest BCUT2D eigenvalue weighted by molar-refractivity contribution is -0.240. The van der Waals surface area contributed by atoms with E-state index in [0.29, 0.717) is 27.1 Å². The summed E-state index contributed by atoms with van der Waals surface area (Å²) in [5.74, 6) is 4.54. The van der Waals surface area contributed by atoms with Crippen molar-refractivity contribution in [1.82, 2.24) is 0 Å². The second-order valence-electron chi connectivity index (χ2n) is 14.6. The van der Waals surface area contributed by atoms with Crippen LogP contribution in [0.25, 0.3) is 0 Å². The number of rotatable bonds is 1. The van der Waals surface area contributed by atoms with Gasteiger partial charge in [-0.15, -0.1) is 0 Å². The van der Waals surface area contributed by atoms with Crippen molar-refractivity contribution in [2.24, 2.45) is 56.7 Å². The van der Waals surface area contributed by atoms with Gasteiger partial charge in [0.05, 0.1) is 0 Å². The molecule has 30 heavy (non-hydrogen) atoms. The maximum Gasteiger partial charge on any atom is -0.0175 e. The summed E-state index contributed by atoms with van der Waals surface area (Å²) in [4.78, 5) is 0. The minimum absolute atomic E-state index is 0.542. The van der Waals surface area contributed by atoms with E-state index >= 15 is 0 Å². The molecule has 5 saturated carbocycles. The van der Waals surface area contributed by atoms with Crippen molar-refractivity contribution in [2.75, 3.05) is 0 Å². The van der Waals surface area contributed by atoms with Gasteiger partial charge in [-0.3, -0.25) is 0 Å². The van der Waals surface area contributed by atoms with Crippen LogP contribution in [0.3, 0.4) is 0 Å². The maximum absolute atomic E-state index is 4.43. The molecule has 0 heteroatoms. The molecule has 0 amide bonds. The van der Waals surface area contributed by atoms with Crippen LogP contribution in [-0.4, -0.2) is 0 Å². The molecule has 0 unspecified atom stereocenters. The van der Waals surface area contributed by atoms with Crippen molar-refractivity contribution >= 4 is 0 Å². The Kier molecular flexibility index (Phi) is 4.61. The third-order valence-corrected chi connectivity index (χ3v) is 13.3.